The minimum absolute atomic E-state index is 0. The minimum atomic E-state index is 0. The fourth-order valence-corrected chi connectivity index (χ4v) is 1.78. The Hall–Kier alpha value is -0.0431. The van der Waals surface area contributed by atoms with Gasteiger partial charge in [0.05, 0.1) is 0 Å². The molecular weight excluding hydrogens is 196 g/mol. The molecular formula is C14H32Si. The van der Waals surface area contributed by atoms with Crippen LogP contribution in [0.15, 0.2) is 12.7 Å². The van der Waals surface area contributed by atoms with E-state index in [1.165, 1.54) is 70.6 Å². The van der Waals surface area contributed by atoms with Gasteiger partial charge in [-0.15, -0.1) is 6.58 Å². The maximum absolute atomic E-state index is 3.74. The lowest BCUT2D eigenvalue weighted by Gasteiger charge is -2.00. The molecule has 0 heterocycles. The molecule has 0 spiro atoms. The zero-order valence-corrected chi connectivity index (χ0v) is 10.1. The molecule has 0 bridgehead atoms. The van der Waals surface area contributed by atoms with E-state index < -0.39 is 0 Å². The number of rotatable bonds is 11. The van der Waals surface area contributed by atoms with Gasteiger partial charge in [-0.2, -0.15) is 0 Å². The van der Waals surface area contributed by atoms with Crippen molar-refractivity contribution in [3.63, 3.8) is 0 Å². The Bertz CT molecular complexity index is 110. The molecule has 0 aliphatic carbocycles. The first-order chi connectivity index (χ1) is 6.91. The number of hydrogen-bond acceptors (Lipinski definition) is 0. The van der Waals surface area contributed by atoms with E-state index in [0.29, 0.717) is 0 Å². The largest absolute Gasteiger partial charge is 0.103 e. The van der Waals surface area contributed by atoms with E-state index in [2.05, 4.69) is 13.5 Å². The number of allylic oxidation sites excluding steroid dienone is 1. The van der Waals surface area contributed by atoms with Crippen LogP contribution in [-0.4, -0.2) is 11.0 Å². The quantitative estimate of drug-likeness (QED) is 0.284. The van der Waals surface area contributed by atoms with Crippen LogP contribution < -0.4 is 0 Å². The van der Waals surface area contributed by atoms with Gasteiger partial charge in [-0.1, -0.05) is 70.8 Å². The van der Waals surface area contributed by atoms with Crippen molar-refractivity contribution in [1.82, 2.24) is 0 Å². The predicted octanol–water partition coefficient (Wildman–Crippen LogP) is 4.03. The fourth-order valence-electron chi connectivity index (χ4n) is 1.78. The van der Waals surface area contributed by atoms with Gasteiger partial charge in [0, 0.05) is 0 Å². The molecule has 0 aromatic heterocycles. The summed E-state index contributed by atoms with van der Waals surface area (Å²) in [6.07, 6.45) is 17.5. The zero-order valence-electron chi connectivity index (χ0n) is 10.1. The third-order valence-corrected chi connectivity index (χ3v) is 2.76. The van der Waals surface area contributed by atoms with E-state index in [4.69, 9.17) is 0 Å². The Balaban J connectivity index is 0. The van der Waals surface area contributed by atoms with Crippen molar-refractivity contribution in [3.05, 3.63) is 12.7 Å². The molecule has 0 fully saturated rings. The molecule has 0 N–H and O–H groups in total. The summed E-state index contributed by atoms with van der Waals surface area (Å²) < 4.78 is 0. The topological polar surface area (TPSA) is 0 Å². The lowest BCUT2D eigenvalue weighted by atomic mass is 10.1. The maximum Gasteiger partial charge on any atom is -0.0149 e. The molecule has 0 aliphatic rings. The molecule has 0 nitrogen and oxygen atoms in total. The highest BCUT2D eigenvalue weighted by Gasteiger charge is 1.91. The van der Waals surface area contributed by atoms with Gasteiger partial charge >= 0.3 is 0 Å². The van der Waals surface area contributed by atoms with Gasteiger partial charge in [0.1, 0.15) is 0 Å². The Kier molecular flexibility index (Phi) is 19.0. The van der Waals surface area contributed by atoms with Gasteiger partial charge in [-0.3, -0.25) is 0 Å². The molecule has 0 aliphatic heterocycles. The summed E-state index contributed by atoms with van der Waals surface area (Å²) >= 11 is 0. The van der Waals surface area contributed by atoms with Crippen LogP contribution in [0.3, 0.4) is 0 Å². The Morgan fingerprint density at radius 1 is 0.733 bits per heavy atom. The Morgan fingerprint density at radius 2 is 1.13 bits per heavy atom. The molecule has 0 rings (SSSR count). The second kappa shape index (κ2) is 16.4. The first kappa shape index (κ1) is 17.4. The van der Waals surface area contributed by atoms with Gasteiger partial charge in [0.25, 0.3) is 0 Å². The SMILES string of the molecule is C=CCCCCCCCCCCCC.[SiH4]. The Morgan fingerprint density at radius 3 is 1.53 bits per heavy atom. The molecule has 92 valence electrons. The lowest BCUT2D eigenvalue weighted by molar-refractivity contribution is 0.558. The minimum Gasteiger partial charge on any atom is -0.103 e. The first-order valence-electron chi connectivity index (χ1n) is 6.52. The summed E-state index contributed by atoms with van der Waals surface area (Å²) in [5.74, 6) is 0. The van der Waals surface area contributed by atoms with Gasteiger partial charge in [0.15, 0.2) is 0 Å². The highest BCUT2D eigenvalue weighted by Crippen LogP contribution is 2.11. The van der Waals surface area contributed by atoms with E-state index in [1.807, 2.05) is 6.08 Å². The van der Waals surface area contributed by atoms with Gasteiger partial charge in [0.2, 0.25) is 0 Å². The van der Waals surface area contributed by atoms with Crippen molar-refractivity contribution in [1.29, 1.82) is 0 Å². The second-order valence-corrected chi connectivity index (χ2v) is 4.26. The highest BCUT2D eigenvalue weighted by molar-refractivity contribution is 5.75. The van der Waals surface area contributed by atoms with Crippen LogP contribution in [0.25, 0.3) is 0 Å². The summed E-state index contributed by atoms with van der Waals surface area (Å²) in [6.45, 7) is 6.01. The number of hydrogen-bond donors (Lipinski definition) is 0. The van der Waals surface area contributed by atoms with Gasteiger partial charge in [-0.05, 0) is 23.8 Å². The van der Waals surface area contributed by atoms with Crippen molar-refractivity contribution < 1.29 is 0 Å². The van der Waals surface area contributed by atoms with Crippen LogP contribution in [0, 0.1) is 0 Å². The molecule has 0 radical (unpaired) electrons. The molecule has 0 aromatic carbocycles. The molecule has 0 aromatic rings. The molecule has 0 saturated heterocycles. The van der Waals surface area contributed by atoms with Crippen LogP contribution in [0.5, 0.6) is 0 Å². The molecule has 0 amide bonds. The summed E-state index contributed by atoms with van der Waals surface area (Å²) in [5, 5.41) is 0. The van der Waals surface area contributed by atoms with Crippen LogP contribution in [0.1, 0.15) is 77.6 Å². The summed E-state index contributed by atoms with van der Waals surface area (Å²) in [5.41, 5.74) is 0. The third-order valence-electron chi connectivity index (χ3n) is 2.76. The van der Waals surface area contributed by atoms with E-state index in [-0.39, 0.29) is 11.0 Å². The van der Waals surface area contributed by atoms with E-state index in [1.54, 1.807) is 0 Å². The van der Waals surface area contributed by atoms with Crippen molar-refractivity contribution in [2.24, 2.45) is 0 Å². The van der Waals surface area contributed by atoms with Crippen LogP contribution in [0.2, 0.25) is 0 Å². The maximum atomic E-state index is 3.74. The van der Waals surface area contributed by atoms with Crippen molar-refractivity contribution in [2.45, 2.75) is 77.6 Å². The molecule has 0 saturated carbocycles. The monoisotopic (exact) mass is 228 g/mol. The first-order valence-corrected chi connectivity index (χ1v) is 6.52. The third kappa shape index (κ3) is 16.6. The fraction of sp³-hybridized carbons (Fsp3) is 0.857. The van der Waals surface area contributed by atoms with Crippen molar-refractivity contribution >= 4 is 11.0 Å². The van der Waals surface area contributed by atoms with E-state index in [0.717, 1.165) is 0 Å². The lowest BCUT2D eigenvalue weighted by Crippen LogP contribution is -1.81. The van der Waals surface area contributed by atoms with Crippen molar-refractivity contribution in [3.8, 4) is 0 Å². The highest BCUT2D eigenvalue weighted by atomic mass is 28.1. The number of unbranched alkanes of at least 4 members (excludes halogenated alkanes) is 10. The molecule has 1 heteroatoms. The average Bonchev–Trinajstić information content (AvgIpc) is 2.21. The summed E-state index contributed by atoms with van der Waals surface area (Å²) in [6, 6.07) is 0. The van der Waals surface area contributed by atoms with Crippen LogP contribution >= 0.6 is 0 Å². The molecule has 0 unspecified atom stereocenters. The standard InChI is InChI=1S/C14H28.H4Si/c1-3-5-7-9-11-13-14-12-10-8-6-4-2;/h3H,1,4-14H2,2H3;1H4. The van der Waals surface area contributed by atoms with E-state index >= 15 is 0 Å². The van der Waals surface area contributed by atoms with Crippen molar-refractivity contribution in [2.75, 3.05) is 0 Å². The molecule has 15 heavy (non-hydrogen) atoms. The average molecular weight is 228 g/mol. The van der Waals surface area contributed by atoms with Gasteiger partial charge < -0.3 is 0 Å². The zero-order chi connectivity index (χ0) is 10.5. The summed E-state index contributed by atoms with van der Waals surface area (Å²) in [7, 11) is 0. The smallest absolute Gasteiger partial charge is 0.0149 e. The predicted molar refractivity (Wildman–Crippen MR) is 78.0 cm³/mol. The van der Waals surface area contributed by atoms with E-state index in [9.17, 15) is 0 Å². The molecule has 0 atom stereocenters. The normalized spacial score (nSPS) is 9.67. The van der Waals surface area contributed by atoms with Gasteiger partial charge in [-0.25, -0.2) is 0 Å². The summed E-state index contributed by atoms with van der Waals surface area (Å²) in [4.78, 5) is 0. The van der Waals surface area contributed by atoms with Crippen LogP contribution in [-0.2, 0) is 0 Å². The second-order valence-electron chi connectivity index (χ2n) is 4.26. The van der Waals surface area contributed by atoms with Crippen LogP contribution in [0.4, 0.5) is 0 Å². The Labute approximate surface area is 102 Å².